The Hall–Kier alpha value is -3.55. The number of fused-ring (bicyclic) bond motifs is 1. The molecule has 1 unspecified atom stereocenters. The monoisotopic (exact) mass is 418 g/mol. The zero-order chi connectivity index (χ0) is 21.2. The molecule has 0 fully saturated rings. The van der Waals surface area contributed by atoms with E-state index in [0.29, 0.717) is 17.3 Å². The molecule has 4 aromatic rings. The number of nitrogens with zero attached hydrogens (tertiary/aromatic N) is 5. The van der Waals surface area contributed by atoms with Gasteiger partial charge < -0.3 is 14.3 Å². The number of nitrogens with one attached hydrogen (secondary N) is 1. The van der Waals surface area contributed by atoms with Gasteiger partial charge in [0.1, 0.15) is 17.7 Å². The summed E-state index contributed by atoms with van der Waals surface area (Å²) in [4.78, 5) is 0. The molecular weight excluding hydrogens is 395 g/mol. The van der Waals surface area contributed by atoms with E-state index < -0.39 is 0 Å². The van der Waals surface area contributed by atoms with Gasteiger partial charge in [0.2, 0.25) is 11.8 Å². The van der Waals surface area contributed by atoms with Gasteiger partial charge >= 0.3 is 0 Å². The van der Waals surface area contributed by atoms with E-state index in [4.69, 9.17) is 4.42 Å². The normalized spacial score (nSPS) is 14.6. The molecule has 1 atom stereocenters. The van der Waals surface area contributed by atoms with Crippen LogP contribution in [-0.4, -0.2) is 25.0 Å². The first-order valence-electron chi connectivity index (χ1n) is 10.6. The molecule has 31 heavy (non-hydrogen) atoms. The average molecular weight is 418 g/mol. The zero-order valence-electron chi connectivity index (χ0n) is 17.3. The summed E-state index contributed by atoms with van der Waals surface area (Å²) in [6, 6.07) is 13.9. The Morgan fingerprint density at radius 3 is 2.71 bits per heavy atom. The van der Waals surface area contributed by atoms with Crippen molar-refractivity contribution >= 4 is 5.69 Å². The average Bonchev–Trinajstić information content (AvgIpc) is 3.37. The van der Waals surface area contributed by atoms with Crippen LogP contribution in [0.2, 0.25) is 0 Å². The molecule has 3 heterocycles. The maximum atomic E-state index is 13.1. The lowest BCUT2D eigenvalue weighted by Gasteiger charge is -2.13. The van der Waals surface area contributed by atoms with E-state index >= 15 is 0 Å². The summed E-state index contributed by atoms with van der Waals surface area (Å²) in [7, 11) is 0. The van der Waals surface area contributed by atoms with Gasteiger partial charge in [-0.15, -0.1) is 20.4 Å². The van der Waals surface area contributed by atoms with Crippen LogP contribution < -0.4 is 5.32 Å². The fourth-order valence-electron chi connectivity index (χ4n) is 3.88. The van der Waals surface area contributed by atoms with Gasteiger partial charge in [-0.1, -0.05) is 18.6 Å². The molecule has 5 rings (SSSR count). The van der Waals surface area contributed by atoms with Crippen LogP contribution in [0, 0.1) is 5.82 Å². The molecule has 0 aliphatic carbocycles. The van der Waals surface area contributed by atoms with E-state index in [1.807, 2.05) is 19.1 Å². The Morgan fingerprint density at radius 2 is 1.84 bits per heavy atom. The predicted octanol–water partition coefficient (Wildman–Crippen LogP) is 5.03. The van der Waals surface area contributed by atoms with E-state index in [1.165, 1.54) is 25.0 Å². The van der Waals surface area contributed by atoms with E-state index in [-0.39, 0.29) is 11.9 Å². The van der Waals surface area contributed by atoms with E-state index in [0.717, 1.165) is 42.3 Å². The van der Waals surface area contributed by atoms with Gasteiger partial charge in [-0.05, 0) is 56.2 Å². The second kappa shape index (κ2) is 8.29. The van der Waals surface area contributed by atoms with E-state index in [2.05, 4.69) is 42.4 Å². The van der Waals surface area contributed by atoms with Crippen LogP contribution >= 0.6 is 0 Å². The van der Waals surface area contributed by atoms with Crippen molar-refractivity contribution in [1.82, 2.24) is 25.0 Å². The van der Waals surface area contributed by atoms with Crippen molar-refractivity contribution in [2.45, 2.75) is 45.2 Å². The summed E-state index contributed by atoms with van der Waals surface area (Å²) < 4.78 is 21.2. The third-order valence-electron chi connectivity index (χ3n) is 5.52. The molecule has 1 N–H and O–H groups in total. The van der Waals surface area contributed by atoms with E-state index in [1.54, 1.807) is 12.1 Å². The van der Waals surface area contributed by atoms with Gasteiger partial charge in [-0.3, -0.25) is 0 Å². The number of anilines is 1. The molecule has 0 spiro atoms. The van der Waals surface area contributed by atoms with Crippen molar-refractivity contribution < 1.29 is 8.81 Å². The molecule has 2 aromatic carbocycles. The smallest absolute Gasteiger partial charge is 0.247 e. The first-order chi connectivity index (χ1) is 15.2. The van der Waals surface area contributed by atoms with Gasteiger partial charge in [-0.25, -0.2) is 4.39 Å². The van der Waals surface area contributed by atoms with Crippen LogP contribution in [-0.2, 0) is 13.0 Å². The second-order valence-corrected chi connectivity index (χ2v) is 7.80. The van der Waals surface area contributed by atoms with Crippen molar-refractivity contribution in [3.8, 4) is 22.8 Å². The molecule has 2 aromatic heterocycles. The highest BCUT2D eigenvalue weighted by molar-refractivity contribution is 5.63. The largest absolute Gasteiger partial charge is 0.418 e. The summed E-state index contributed by atoms with van der Waals surface area (Å²) in [6.07, 6.45) is 4.53. The number of hydrogen-bond acceptors (Lipinski definition) is 6. The molecule has 1 aliphatic rings. The quantitative estimate of drug-likeness (QED) is 0.489. The zero-order valence-corrected chi connectivity index (χ0v) is 17.3. The summed E-state index contributed by atoms with van der Waals surface area (Å²) in [5.74, 6) is 2.50. The minimum Gasteiger partial charge on any atom is -0.418 e. The fourth-order valence-corrected chi connectivity index (χ4v) is 3.88. The number of halogens is 1. The molecule has 0 saturated carbocycles. The summed E-state index contributed by atoms with van der Waals surface area (Å²) >= 11 is 0. The molecular formula is C23H23FN6O. The van der Waals surface area contributed by atoms with Crippen LogP contribution in [0.15, 0.2) is 52.9 Å². The Morgan fingerprint density at radius 1 is 0.968 bits per heavy atom. The fraction of sp³-hybridized carbons (Fsp3) is 0.304. The highest BCUT2D eigenvalue weighted by Crippen LogP contribution is 2.27. The van der Waals surface area contributed by atoms with Gasteiger partial charge in [0.05, 0.1) is 0 Å². The molecule has 158 valence electrons. The van der Waals surface area contributed by atoms with Crippen LogP contribution in [0.4, 0.5) is 10.1 Å². The Bertz CT molecular complexity index is 1180. The third kappa shape index (κ3) is 4.05. The Balaban J connectivity index is 1.34. The lowest BCUT2D eigenvalue weighted by molar-refractivity contribution is 0.485. The van der Waals surface area contributed by atoms with Crippen molar-refractivity contribution in [2.24, 2.45) is 0 Å². The van der Waals surface area contributed by atoms with Crippen molar-refractivity contribution in [3.05, 3.63) is 66.1 Å². The molecule has 0 amide bonds. The molecule has 0 bridgehead atoms. The number of aryl methyl sites for hydroxylation is 1. The van der Waals surface area contributed by atoms with E-state index in [9.17, 15) is 4.39 Å². The van der Waals surface area contributed by atoms with Gasteiger partial charge in [0, 0.05) is 29.8 Å². The maximum Gasteiger partial charge on any atom is 0.247 e. The van der Waals surface area contributed by atoms with Crippen LogP contribution in [0.1, 0.15) is 43.9 Å². The molecule has 7 nitrogen and oxygen atoms in total. The minimum atomic E-state index is -0.303. The highest BCUT2D eigenvalue weighted by Gasteiger charge is 2.18. The van der Waals surface area contributed by atoms with Crippen molar-refractivity contribution in [1.29, 1.82) is 0 Å². The number of hydrogen-bond donors (Lipinski definition) is 1. The van der Waals surface area contributed by atoms with Crippen molar-refractivity contribution in [3.63, 3.8) is 0 Å². The van der Waals surface area contributed by atoms with Crippen molar-refractivity contribution in [2.75, 3.05) is 5.32 Å². The Labute approximate surface area is 179 Å². The second-order valence-electron chi connectivity index (χ2n) is 7.80. The number of aromatic nitrogens is 5. The number of rotatable bonds is 5. The maximum absolute atomic E-state index is 13.1. The Kier molecular flexibility index (Phi) is 5.19. The van der Waals surface area contributed by atoms with Gasteiger partial charge in [0.25, 0.3) is 0 Å². The summed E-state index contributed by atoms with van der Waals surface area (Å²) in [5.41, 5.74) is 2.63. The van der Waals surface area contributed by atoms with Gasteiger partial charge in [0.15, 0.2) is 5.82 Å². The summed E-state index contributed by atoms with van der Waals surface area (Å²) in [5, 5.41) is 20.5. The van der Waals surface area contributed by atoms with Gasteiger partial charge in [-0.2, -0.15) is 0 Å². The first-order valence-corrected chi connectivity index (χ1v) is 10.6. The first kappa shape index (κ1) is 19.4. The topological polar surface area (TPSA) is 81.7 Å². The molecule has 1 aliphatic heterocycles. The third-order valence-corrected chi connectivity index (χ3v) is 5.52. The number of benzene rings is 2. The summed E-state index contributed by atoms with van der Waals surface area (Å²) in [6.45, 7) is 2.91. The van der Waals surface area contributed by atoms with Crippen LogP contribution in [0.5, 0.6) is 0 Å². The highest BCUT2D eigenvalue weighted by atomic mass is 19.1. The standard InChI is InChI=1S/C23H23FN6O/c1-15(22-28-29-23(31-22)16-9-11-18(24)12-10-16)25-19-7-5-6-17(14-19)21-27-26-20-8-3-2-4-13-30(20)21/h5-7,9-12,14-15,25H,2-4,8,13H2,1H3. The molecule has 0 saturated heterocycles. The minimum absolute atomic E-state index is 0.201. The van der Waals surface area contributed by atoms with Crippen LogP contribution in [0.25, 0.3) is 22.8 Å². The SMILES string of the molecule is CC(Nc1cccc(-c2nnc3n2CCCCC3)c1)c1nnc(-c2ccc(F)cc2)o1. The molecule has 8 heteroatoms. The lowest BCUT2D eigenvalue weighted by atomic mass is 10.1. The lowest BCUT2D eigenvalue weighted by Crippen LogP contribution is -2.07. The molecule has 0 radical (unpaired) electrons. The predicted molar refractivity (Wildman–Crippen MR) is 115 cm³/mol. The van der Waals surface area contributed by atoms with Crippen LogP contribution in [0.3, 0.4) is 0 Å².